The second-order valence-corrected chi connectivity index (χ2v) is 5.61. The summed E-state index contributed by atoms with van der Waals surface area (Å²) >= 11 is 11.6. The van der Waals surface area contributed by atoms with Gasteiger partial charge in [0.1, 0.15) is 6.04 Å². The topological polar surface area (TPSA) is 49.4 Å². The van der Waals surface area contributed by atoms with Crippen molar-refractivity contribution >= 4 is 40.7 Å². The van der Waals surface area contributed by atoms with Crippen molar-refractivity contribution in [1.82, 2.24) is 4.90 Å². The zero-order valence-electron chi connectivity index (χ0n) is 11.1. The highest BCUT2D eigenvalue weighted by Crippen LogP contribution is 2.29. The molecule has 2 amide bonds. The summed E-state index contributed by atoms with van der Waals surface area (Å²) in [6.45, 7) is -0.106. The molecule has 0 aliphatic carbocycles. The summed E-state index contributed by atoms with van der Waals surface area (Å²) in [4.78, 5) is 24.0. The molecule has 1 heterocycles. The molecule has 1 aromatic carbocycles. The van der Waals surface area contributed by atoms with Gasteiger partial charge in [-0.25, -0.2) is 0 Å². The molecular formula is C13H11Cl2F3N2O2. The van der Waals surface area contributed by atoms with Gasteiger partial charge in [-0.3, -0.25) is 9.59 Å². The van der Waals surface area contributed by atoms with E-state index in [0.29, 0.717) is 16.3 Å². The number of carbonyl (C=O) groups excluding carboxylic acids is 2. The first-order chi connectivity index (χ1) is 10.2. The molecule has 1 saturated heterocycles. The van der Waals surface area contributed by atoms with Crippen LogP contribution in [0.3, 0.4) is 0 Å². The summed E-state index contributed by atoms with van der Waals surface area (Å²) in [5.74, 6) is -2.72. The van der Waals surface area contributed by atoms with Crippen LogP contribution in [0.5, 0.6) is 0 Å². The number of hydrogen-bond donors (Lipinski definition) is 1. The Morgan fingerprint density at radius 1 is 1.27 bits per heavy atom. The van der Waals surface area contributed by atoms with Gasteiger partial charge in [0, 0.05) is 11.6 Å². The van der Waals surface area contributed by atoms with Crippen molar-refractivity contribution < 1.29 is 22.8 Å². The Hall–Kier alpha value is -1.47. The van der Waals surface area contributed by atoms with Gasteiger partial charge in [0.15, 0.2) is 0 Å². The number of nitrogens with zero attached hydrogens (tertiary/aromatic N) is 1. The molecule has 0 spiro atoms. The molecule has 1 aliphatic rings. The molecule has 1 fully saturated rings. The average Bonchev–Trinajstić information content (AvgIpc) is 2.89. The fraction of sp³-hybridized carbons (Fsp3) is 0.385. The van der Waals surface area contributed by atoms with Crippen LogP contribution in [-0.2, 0) is 9.59 Å². The predicted molar refractivity (Wildman–Crippen MR) is 75.9 cm³/mol. The molecular weight excluding hydrogens is 344 g/mol. The van der Waals surface area contributed by atoms with Crippen LogP contribution in [0.2, 0.25) is 10.0 Å². The highest BCUT2D eigenvalue weighted by Gasteiger charge is 2.47. The summed E-state index contributed by atoms with van der Waals surface area (Å²) in [5, 5.41) is 2.94. The van der Waals surface area contributed by atoms with Gasteiger partial charge in [-0.05, 0) is 31.0 Å². The number of hydrogen-bond acceptors (Lipinski definition) is 2. The van der Waals surface area contributed by atoms with E-state index < -0.39 is 24.0 Å². The molecule has 1 aromatic rings. The zero-order valence-corrected chi connectivity index (χ0v) is 12.6. The molecule has 1 unspecified atom stereocenters. The van der Waals surface area contributed by atoms with Gasteiger partial charge in [-0.15, -0.1) is 0 Å². The number of halogens is 5. The number of rotatable bonds is 2. The highest BCUT2D eigenvalue weighted by atomic mass is 35.5. The van der Waals surface area contributed by atoms with Crippen molar-refractivity contribution in [3.63, 3.8) is 0 Å². The van der Waals surface area contributed by atoms with Crippen molar-refractivity contribution in [2.24, 2.45) is 0 Å². The monoisotopic (exact) mass is 354 g/mol. The minimum Gasteiger partial charge on any atom is -0.323 e. The number of alkyl halides is 3. The van der Waals surface area contributed by atoms with Gasteiger partial charge < -0.3 is 10.2 Å². The summed E-state index contributed by atoms with van der Waals surface area (Å²) < 4.78 is 37.5. The Bertz CT molecular complexity index is 607. The molecule has 0 radical (unpaired) electrons. The molecule has 1 atom stereocenters. The Morgan fingerprint density at radius 2 is 1.95 bits per heavy atom. The second kappa shape index (κ2) is 6.34. The number of nitrogens with one attached hydrogen (secondary N) is 1. The largest absolute Gasteiger partial charge is 0.471 e. The lowest BCUT2D eigenvalue weighted by atomic mass is 10.2. The van der Waals surface area contributed by atoms with Crippen LogP contribution in [-0.4, -0.2) is 35.5 Å². The maximum absolute atomic E-state index is 12.5. The van der Waals surface area contributed by atoms with E-state index in [1.54, 1.807) is 0 Å². The van der Waals surface area contributed by atoms with Crippen molar-refractivity contribution in [3.05, 3.63) is 28.2 Å². The Morgan fingerprint density at radius 3 is 2.55 bits per heavy atom. The minimum atomic E-state index is -5.00. The molecule has 9 heteroatoms. The summed E-state index contributed by atoms with van der Waals surface area (Å²) in [5.41, 5.74) is 0.224. The first-order valence-electron chi connectivity index (χ1n) is 6.34. The second-order valence-electron chi connectivity index (χ2n) is 4.77. The lowest BCUT2D eigenvalue weighted by molar-refractivity contribution is -0.186. The molecule has 0 bridgehead atoms. The fourth-order valence-corrected chi connectivity index (χ4v) is 2.71. The van der Waals surface area contributed by atoms with Crippen molar-refractivity contribution in [3.8, 4) is 0 Å². The molecule has 2 rings (SSSR count). The maximum Gasteiger partial charge on any atom is 0.471 e. The van der Waals surface area contributed by atoms with Crippen molar-refractivity contribution in [1.29, 1.82) is 0 Å². The van der Waals surface area contributed by atoms with Crippen LogP contribution in [0.1, 0.15) is 12.8 Å². The Balaban J connectivity index is 2.13. The van der Waals surface area contributed by atoms with E-state index in [-0.39, 0.29) is 23.7 Å². The van der Waals surface area contributed by atoms with E-state index in [4.69, 9.17) is 23.2 Å². The Labute approximate surface area is 134 Å². The Kier molecular flexibility index (Phi) is 4.87. The highest BCUT2D eigenvalue weighted by molar-refractivity contribution is 6.36. The molecule has 22 heavy (non-hydrogen) atoms. The predicted octanol–water partition coefficient (Wildman–Crippen LogP) is 3.49. The average molecular weight is 355 g/mol. The van der Waals surface area contributed by atoms with Gasteiger partial charge >= 0.3 is 12.1 Å². The minimum absolute atomic E-state index is 0.106. The quantitative estimate of drug-likeness (QED) is 0.883. The van der Waals surface area contributed by atoms with Crippen molar-refractivity contribution in [2.45, 2.75) is 25.1 Å². The van der Waals surface area contributed by atoms with E-state index in [1.165, 1.54) is 18.2 Å². The summed E-state index contributed by atoms with van der Waals surface area (Å²) in [6.07, 6.45) is -4.51. The first kappa shape index (κ1) is 16.9. The summed E-state index contributed by atoms with van der Waals surface area (Å²) in [7, 11) is 0. The van der Waals surface area contributed by atoms with Crippen LogP contribution in [0.25, 0.3) is 0 Å². The van der Waals surface area contributed by atoms with Crippen LogP contribution in [0, 0.1) is 0 Å². The van der Waals surface area contributed by atoms with Gasteiger partial charge in [0.25, 0.3) is 0 Å². The smallest absolute Gasteiger partial charge is 0.323 e. The molecule has 0 aromatic heterocycles. The van der Waals surface area contributed by atoms with Crippen LogP contribution in [0.4, 0.5) is 18.9 Å². The maximum atomic E-state index is 12.5. The van der Waals surface area contributed by atoms with E-state index in [1.807, 2.05) is 0 Å². The van der Waals surface area contributed by atoms with E-state index in [9.17, 15) is 22.8 Å². The SMILES string of the molecule is O=C(Nc1ccc(Cl)cc1Cl)C1CCCN1C(=O)C(F)(F)F. The van der Waals surface area contributed by atoms with Gasteiger partial charge in [0.05, 0.1) is 10.7 Å². The third-order valence-corrected chi connectivity index (χ3v) is 3.80. The number of anilines is 1. The molecule has 120 valence electrons. The fourth-order valence-electron chi connectivity index (χ4n) is 2.25. The van der Waals surface area contributed by atoms with Gasteiger partial charge in [-0.1, -0.05) is 23.2 Å². The standard InChI is InChI=1S/C13H11Cl2F3N2O2/c14-7-3-4-9(8(15)6-7)19-11(21)10-2-1-5-20(10)12(22)13(16,17)18/h3-4,6,10H,1-2,5H2,(H,19,21). The lowest BCUT2D eigenvalue weighted by Gasteiger charge is -2.24. The molecule has 4 nitrogen and oxygen atoms in total. The van der Waals surface area contributed by atoms with Crippen LogP contribution < -0.4 is 5.32 Å². The third-order valence-electron chi connectivity index (χ3n) is 3.25. The summed E-state index contributed by atoms with van der Waals surface area (Å²) in [6, 6.07) is 3.15. The van der Waals surface area contributed by atoms with Gasteiger partial charge in [-0.2, -0.15) is 13.2 Å². The number of benzene rings is 1. The first-order valence-corrected chi connectivity index (χ1v) is 7.09. The molecule has 0 saturated carbocycles. The molecule has 1 N–H and O–H groups in total. The van der Waals surface area contributed by atoms with E-state index >= 15 is 0 Å². The normalized spacial score (nSPS) is 18.4. The van der Waals surface area contributed by atoms with E-state index in [2.05, 4.69) is 5.32 Å². The third kappa shape index (κ3) is 3.64. The lowest BCUT2D eigenvalue weighted by Crippen LogP contribution is -2.48. The van der Waals surface area contributed by atoms with Crippen LogP contribution in [0.15, 0.2) is 18.2 Å². The van der Waals surface area contributed by atoms with Gasteiger partial charge in [0.2, 0.25) is 5.91 Å². The van der Waals surface area contributed by atoms with Crippen molar-refractivity contribution in [2.75, 3.05) is 11.9 Å². The number of likely N-dealkylation sites (tertiary alicyclic amines) is 1. The van der Waals surface area contributed by atoms with Crippen LogP contribution >= 0.6 is 23.2 Å². The number of carbonyl (C=O) groups is 2. The number of amides is 2. The van der Waals surface area contributed by atoms with E-state index in [0.717, 1.165) is 0 Å². The molecule has 1 aliphatic heterocycles. The zero-order chi connectivity index (χ0) is 16.5.